The third kappa shape index (κ3) is 7.51. The van der Waals surface area contributed by atoms with Crippen LogP contribution >= 0.6 is 0 Å². The van der Waals surface area contributed by atoms with Crippen molar-refractivity contribution in [3.63, 3.8) is 0 Å². The van der Waals surface area contributed by atoms with E-state index >= 15 is 0 Å². The molecule has 7 heteroatoms. The summed E-state index contributed by atoms with van der Waals surface area (Å²) >= 11 is 0. The largest absolute Gasteiger partial charge is 0.493 e. The van der Waals surface area contributed by atoms with E-state index in [1.54, 1.807) is 0 Å². The van der Waals surface area contributed by atoms with Crippen LogP contribution in [0.4, 0.5) is 0 Å². The van der Waals surface area contributed by atoms with Crippen LogP contribution < -0.4 is 15.4 Å². The van der Waals surface area contributed by atoms with E-state index in [0.717, 1.165) is 64.3 Å². The Kier molecular flexibility index (Phi) is 9.15. The van der Waals surface area contributed by atoms with E-state index in [1.807, 2.05) is 30.3 Å². The van der Waals surface area contributed by atoms with Gasteiger partial charge in [-0.25, -0.2) is 0 Å². The van der Waals surface area contributed by atoms with Gasteiger partial charge in [0.25, 0.3) is 0 Å². The molecule has 1 aliphatic carbocycles. The quantitative estimate of drug-likeness (QED) is 0.553. The molecular weight excluding hydrogens is 392 g/mol. The summed E-state index contributed by atoms with van der Waals surface area (Å²) in [6.45, 7) is 11.6. The maximum atomic E-state index is 12.9. The van der Waals surface area contributed by atoms with Crippen LogP contribution in [0.3, 0.4) is 0 Å². The molecule has 2 N–H and O–H groups in total. The molecule has 0 radical (unpaired) electrons. The van der Waals surface area contributed by atoms with Crippen LogP contribution in [0, 0.1) is 11.8 Å². The second kappa shape index (κ2) is 12.1. The van der Waals surface area contributed by atoms with Crippen molar-refractivity contribution in [1.82, 2.24) is 20.4 Å². The zero-order valence-electron chi connectivity index (χ0n) is 19.0. The van der Waals surface area contributed by atoms with Gasteiger partial charge in [-0.05, 0) is 50.4 Å². The van der Waals surface area contributed by atoms with E-state index in [1.165, 1.54) is 6.92 Å². The minimum Gasteiger partial charge on any atom is -0.493 e. The second-order valence-electron chi connectivity index (χ2n) is 8.80. The Labute approximate surface area is 186 Å². The minimum atomic E-state index is -0.193. The lowest BCUT2D eigenvalue weighted by molar-refractivity contribution is -0.126. The summed E-state index contributed by atoms with van der Waals surface area (Å²) in [5, 5.41) is 6.10. The number of nitrogens with zero attached hydrogens (tertiary/aromatic N) is 2. The molecule has 1 aromatic rings. The number of benzene rings is 1. The average Bonchev–Trinajstić information content (AvgIpc) is 3.18. The summed E-state index contributed by atoms with van der Waals surface area (Å²) in [5.41, 5.74) is 0. The van der Waals surface area contributed by atoms with Crippen LogP contribution in [0.2, 0.25) is 0 Å². The van der Waals surface area contributed by atoms with Crippen molar-refractivity contribution in [2.24, 2.45) is 11.8 Å². The third-order valence-electron chi connectivity index (χ3n) is 6.48. The normalized spacial score (nSPS) is 24.6. The Hall–Kier alpha value is -2.12. The molecule has 3 rings (SSSR count). The van der Waals surface area contributed by atoms with Gasteiger partial charge in [0, 0.05) is 45.7 Å². The van der Waals surface area contributed by atoms with Gasteiger partial charge in [0.1, 0.15) is 5.75 Å². The first-order valence-corrected chi connectivity index (χ1v) is 11.7. The zero-order valence-corrected chi connectivity index (χ0v) is 19.0. The number of hydrogen-bond donors (Lipinski definition) is 2. The highest BCUT2D eigenvalue weighted by atomic mass is 16.5. The first kappa shape index (κ1) is 23.5. The number of likely N-dealkylation sites (N-methyl/N-ethyl adjacent to an activating group) is 1. The molecule has 0 spiro atoms. The molecule has 1 saturated carbocycles. The van der Waals surface area contributed by atoms with E-state index in [2.05, 4.69) is 27.4 Å². The number of nitrogens with one attached hydrogen (secondary N) is 2. The summed E-state index contributed by atoms with van der Waals surface area (Å²) in [6.07, 6.45) is 2.46. The van der Waals surface area contributed by atoms with E-state index < -0.39 is 0 Å². The standard InChI is InChI=1S/C24H38N4O3/c1-3-27-12-14-28(15-13-27)11-7-10-25-24(30)22-16-20(17-23(22)26-19(2)29)18-31-21-8-5-4-6-9-21/h4-6,8-9,20,22-23H,3,7,10-18H2,1-2H3,(H,25,30)(H,26,29)/t20-,22-,23-/m1/s1. The highest BCUT2D eigenvalue weighted by Crippen LogP contribution is 2.32. The summed E-state index contributed by atoms with van der Waals surface area (Å²) < 4.78 is 5.90. The van der Waals surface area contributed by atoms with Gasteiger partial charge in [0.15, 0.2) is 0 Å². The number of carbonyl (C=O) groups is 2. The van der Waals surface area contributed by atoms with E-state index in [4.69, 9.17) is 4.74 Å². The Morgan fingerprint density at radius 1 is 1.06 bits per heavy atom. The topological polar surface area (TPSA) is 73.9 Å². The van der Waals surface area contributed by atoms with E-state index in [-0.39, 0.29) is 29.7 Å². The van der Waals surface area contributed by atoms with Crippen LogP contribution in [0.15, 0.2) is 30.3 Å². The Morgan fingerprint density at radius 3 is 2.45 bits per heavy atom. The van der Waals surface area contributed by atoms with Crippen LogP contribution in [0.25, 0.3) is 0 Å². The molecule has 1 aromatic carbocycles. The number of amides is 2. The fraction of sp³-hybridized carbons (Fsp3) is 0.667. The molecule has 3 atom stereocenters. The minimum absolute atomic E-state index is 0.0526. The molecule has 2 amide bonds. The molecule has 1 aliphatic heterocycles. The molecule has 1 saturated heterocycles. The summed E-state index contributed by atoms with van der Waals surface area (Å²) in [7, 11) is 0. The molecule has 2 aliphatic rings. The second-order valence-corrected chi connectivity index (χ2v) is 8.80. The Bertz CT molecular complexity index is 691. The molecule has 0 aromatic heterocycles. The number of rotatable bonds is 10. The summed E-state index contributed by atoms with van der Waals surface area (Å²) in [4.78, 5) is 29.5. The van der Waals surface area contributed by atoms with Gasteiger partial charge in [-0.2, -0.15) is 0 Å². The first-order valence-electron chi connectivity index (χ1n) is 11.7. The van der Waals surface area contributed by atoms with Crippen LogP contribution in [0.5, 0.6) is 5.75 Å². The van der Waals surface area contributed by atoms with Crippen LogP contribution in [-0.4, -0.2) is 80.1 Å². The third-order valence-corrected chi connectivity index (χ3v) is 6.48. The van der Waals surface area contributed by atoms with Gasteiger partial charge in [-0.15, -0.1) is 0 Å². The molecule has 0 bridgehead atoms. The summed E-state index contributed by atoms with van der Waals surface area (Å²) in [5.74, 6) is 0.866. The first-order chi connectivity index (χ1) is 15.0. The van der Waals surface area contributed by atoms with Crippen molar-refractivity contribution >= 4 is 11.8 Å². The van der Waals surface area contributed by atoms with Crippen LogP contribution in [-0.2, 0) is 9.59 Å². The predicted molar refractivity (Wildman–Crippen MR) is 122 cm³/mol. The molecule has 172 valence electrons. The van der Waals surface area contributed by atoms with Crippen molar-refractivity contribution in [2.45, 2.75) is 39.2 Å². The fourth-order valence-electron chi connectivity index (χ4n) is 4.69. The van der Waals surface area contributed by atoms with Crippen molar-refractivity contribution in [1.29, 1.82) is 0 Å². The number of carbonyl (C=O) groups excluding carboxylic acids is 2. The van der Waals surface area contributed by atoms with Gasteiger partial charge < -0.3 is 25.2 Å². The highest BCUT2D eigenvalue weighted by Gasteiger charge is 2.39. The lowest BCUT2D eigenvalue weighted by Gasteiger charge is -2.34. The molecule has 31 heavy (non-hydrogen) atoms. The number of para-hydroxylation sites is 1. The SMILES string of the molecule is CCN1CCN(CCCNC(=O)[C@@H]2C[C@@H](COc3ccccc3)C[C@H]2NC(C)=O)CC1. The number of ether oxygens (including phenoxy) is 1. The van der Waals surface area contributed by atoms with Crippen LogP contribution in [0.1, 0.15) is 33.1 Å². The van der Waals surface area contributed by atoms with Crippen molar-refractivity contribution in [2.75, 3.05) is 52.4 Å². The number of hydrogen-bond acceptors (Lipinski definition) is 5. The fourth-order valence-corrected chi connectivity index (χ4v) is 4.69. The molecule has 1 heterocycles. The molecule has 2 fully saturated rings. The molecule has 0 unspecified atom stereocenters. The maximum absolute atomic E-state index is 12.9. The smallest absolute Gasteiger partial charge is 0.225 e. The van der Waals surface area contributed by atoms with Gasteiger partial charge >= 0.3 is 0 Å². The van der Waals surface area contributed by atoms with E-state index in [9.17, 15) is 9.59 Å². The zero-order chi connectivity index (χ0) is 22.1. The van der Waals surface area contributed by atoms with E-state index in [0.29, 0.717) is 13.2 Å². The summed E-state index contributed by atoms with van der Waals surface area (Å²) in [6, 6.07) is 9.61. The Morgan fingerprint density at radius 2 is 1.77 bits per heavy atom. The van der Waals surface area contributed by atoms with Gasteiger partial charge in [-0.3, -0.25) is 9.59 Å². The van der Waals surface area contributed by atoms with Gasteiger partial charge in [0.05, 0.1) is 12.5 Å². The van der Waals surface area contributed by atoms with Crippen molar-refractivity contribution in [3.8, 4) is 5.75 Å². The average molecular weight is 431 g/mol. The molecular formula is C24H38N4O3. The molecule has 7 nitrogen and oxygen atoms in total. The Balaban J connectivity index is 1.41. The lowest BCUT2D eigenvalue weighted by Crippen LogP contribution is -2.47. The maximum Gasteiger partial charge on any atom is 0.225 e. The lowest BCUT2D eigenvalue weighted by atomic mass is 10.0. The van der Waals surface area contributed by atoms with Gasteiger partial charge in [-0.1, -0.05) is 25.1 Å². The monoisotopic (exact) mass is 430 g/mol. The van der Waals surface area contributed by atoms with Gasteiger partial charge in [0.2, 0.25) is 11.8 Å². The predicted octanol–water partition coefficient (Wildman–Crippen LogP) is 1.74. The number of piperazine rings is 1. The van der Waals surface area contributed by atoms with Crippen molar-refractivity contribution < 1.29 is 14.3 Å². The van der Waals surface area contributed by atoms with Crippen molar-refractivity contribution in [3.05, 3.63) is 30.3 Å². The highest BCUT2D eigenvalue weighted by molar-refractivity contribution is 5.81.